The van der Waals surface area contributed by atoms with Crippen molar-refractivity contribution in [3.8, 4) is 0 Å². The largest absolute Gasteiger partial charge is 0.416 e. The lowest BCUT2D eigenvalue weighted by atomic mass is 10.1. The van der Waals surface area contributed by atoms with Gasteiger partial charge in [-0.1, -0.05) is 18.2 Å². The summed E-state index contributed by atoms with van der Waals surface area (Å²) in [7, 11) is 0. The lowest BCUT2D eigenvalue weighted by molar-refractivity contribution is -0.384. The number of alkyl halides is 3. The van der Waals surface area contributed by atoms with Crippen molar-refractivity contribution in [2.75, 3.05) is 11.4 Å². The van der Waals surface area contributed by atoms with Gasteiger partial charge in [-0.15, -0.1) is 0 Å². The number of hydrogen-bond acceptors (Lipinski definition) is 3. The quantitative estimate of drug-likeness (QED) is 0.613. The SMILES string of the molecule is O=[N+]([O-])c1cc(C(F)(F)F)ccc1N1CCc2ccccc21. The second-order valence-corrected chi connectivity index (χ2v) is 4.99. The highest BCUT2D eigenvalue weighted by atomic mass is 19.4. The maximum Gasteiger partial charge on any atom is 0.416 e. The maximum absolute atomic E-state index is 12.7. The first-order valence-corrected chi connectivity index (χ1v) is 6.59. The third-order valence-corrected chi connectivity index (χ3v) is 3.68. The van der Waals surface area contributed by atoms with Crippen molar-refractivity contribution in [3.05, 3.63) is 63.7 Å². The van der Waals surface area contributed by atoms with E-state index in [4.69, 9.17) is 0 Å². The zero-order valence-electron chi connectivity index (χ0n) is 11.3. The molecule has 7 heteroatoms. The zero-order valence-corrected chi connectivity index (χ0v) is 11.3. The van der Waals surface area contributed by atoms with Crippen LogP contribution in [0.1, 0.15) is 11.1 Å². The molecule has 0 atom stereocenters. The Hall–Kier alpha value is -2.57. The number of nitro benzene ring substituents is 1. The van der Waals surface area contributed by atoms with Crippen molar-refractivity contribution >= 4 is 17.1 Å². The van der Waals surface area contributed by atoms with Crippen molar-refractivity contribution in [1.29, 1.82) is 0 Å². The van der Waals surface area contributed by atoms with Gasteiger partial charge in [0.25, 0.3) is 5.69 Å². The van der Waals surface area contributed by atoms with Crippen LogP contribution in [0.5, 0.6) is 0 Å². The second-order valence-electron chi connectivity index (χ2n) is 4.99. The monoisotopic (exact) mass is 308 g/mol. The molecule has 0 amide bonds. The molecule has 1 aliphatic rings. The number of nitrogens with zero attached hydrogens (tertiary/aromatic N) is 2. The van der Waals surface area contributed by atoms with Gasteiger partial charge in [0.15, 0.2) is 0 Å². The van der Waals surface area contributed by atoms with Crippen LogP contribution in [0.2, 0.25) is 0 Å². The van der Waals surface area contributed by atoms with E-state index in [0.717, 1.165) is 17.3 Å². The minimum Gasteiger partial charge on any atom is -0.335 e. The number of hydrogen-bond donors (Lipinski definition) is 0. The average Bonchev–Trinajstić information content (AvgIpc) is 2.89. The standard InChI is InChI=1S/C15H11F3N2O2/c16-15(17,18)11-5-6-13(14(9-11)20(21)22)19-8-7-10-3-1-2-4-12(10)19/h1-6,9H,7-8H2. The molecule has 0 aromatic heterocycles. The summed E-state index contributed by atoms with van der Waals surface area (Å²) in [5.41, 5.74) is 0.451. The molecule has 3 rings (SSSR count). The summed E-state index contributed by atoms with van der Waals surface area (Å²) in [4.78, 5) is 12.1. The molecule has 0 saturated carbocycles. The van der Waals surface area contributed by atoms with Crippen molar-refractivity contribution in [3.63, 3.8) is 0 Å². The minimum absolute atomic E-state index is 0.183. The van der Waals surface area contributed by atoms with Gasteiger partial charge < -0.3 is 4.90 Å². The van der Waals surface area contributed by atoms with Crippen LogP contribution in [0.3, 0.4) is 0 Å². The van der Waals surface area contributed by atoms with Gasteiger partial charge in [-0.3, -0.25) is 10.1 Å². The Bertz CT molecular complexity index is 744. The first-order valence-electron chi connectivity index (χ1n) is 6.59. The van der Waals surface area contributed by atoms with Gasteiger partial charge in [-0.2, -0.15) is 13.2 Å². The number of anilines is 2. The Labute approximate surface area is 123 Å². The molecule has 1 aliphatic heterocycles. The molecule has 0 N–H and O–H groups in total. The first kappa shape index (κ1) is 14.4. The van der Waals surface area contributed by atoms with Crippen LogP contribution < -0.4 is 4.90 Å². The number of benzene rings is 2. The number of fused-ring (bicyclic) bond motifs is 1. The topological polar surface area (TPSA) is 46.4 Å². The lowest BCUT2D eigenvalue weighted by Gasteiger charge is -2.20. The maximum atomic E-state index is 12.7. The Morgan fingerprint density at radius 1 is 1.09 bits per heavy atom. The van der Waals surface area contributed by atoms with E-state index in [-0.39, 0.29) is 5.69 Å². The zero-order chi connectivity index (χ0) is 15.9. The minimum atomic E-state index is -4.60. The van der Waals surface area contributed by atoms with Gasteiger partial charge in [0.05, 0.1) is 10.5 Å². The predicted molar refractivity (Wildman–Crippen MR) is 75.3 cm³/mol. The summed E-state index contributed by atoms with van der Waals surface area (Å²) in [6.07, 6.45) is -3.90. The molecular weight excluding hydrogens is 297 g/mol. The summed E-state index contributed by atoms with van der Waals surface area (Å²) in [6, 6.07) is 10.0. The number of para-hydroxylation sites is 1. The molecule has 0 fully saturated rings. The molecule has 114 valence electrons. The molecule has 0 bridgehead atoms. The van der Waals surface area contributed by atoms with Crippen LogP contribution >= 0.6 is 0 Å². The molecular formula is C15H11F3N2O2. The van der Waals surface area contributed by atoms with Crippen molar-refractivity contribution < 1.29 is 18.1 Å². The molecule has 0 saturated heterocycles. The van der Waals surface area contributed by atoms with E-state index in [1.54, 1.807) is 11.0 Å². The Morgan fingerprint density at radius 3 is 2.50 bits per heavy atom. The van der Waals surface area contributed by atoms with Gasteiger partial charge in [-0.25, -0.2) is 0 Å². The summed E-state index contributed by atoms with van der Waals surface area (Å²) < 4.78 is 38.2. The normalized spacial score (nSPS) is 14.0. The van der Waals surface area contributed by atoms with Crippen molar-refractivity contribution in [2.24, 2.45) is 0 Å². The Morgan fingerprint density at radius 2 is 1.82 bits per heavy atom. The van der Waals surface area contributed by atoms with Gasteiger partial charge >= 0.3 is 6.18 Å². The predicted octanol–water partition coefficient (Wildman–Crippen LogP) is 4.31. The molecule has 0 spiro atoms. The van der Waals surface area contributed by atoms with E-state index < -0.39 is 22.4 Å². The lowest BCUT2D eigenvalue weighted by Crippen LogP contribution is -2.16. The number of nitro groups is 1. The fourth-order valence-electron chi connectivity index (χ4n) is 2.66. The van der Waals surface area contributed by atoms with Crippen LogP contribution in [-0.2, 0) is 12.6 Å². The van der Waals surface area contributed by atoms with Crippen molar-refractivity contribution in [1.82, 2.24) is 0 Å². The molecule has 4 nitrogen and oxygen atoms in total. The van der Waals surface area contributed by atoms with E-state index in [1.165, 1.54) is 6.07 Å². The van der Waals surface area contributed by atoms with E-state index in [2.05, 4.69) is 0 Å². The highest BCUT2D eigenvalue weighted by Gasteiger charge is 2.34. The molecule has 2 aromatic rings. The summed E-state index contributed by atoms with van der Waals surface area (Å²) in [5.74, 6) is 0. The highest BCUT2D eigenvalue weighted by Crippen LogP contribution is 2.41. The molecule has 0 aliphatic carbocycles. The first-order chi connectivity index (χ1) is 10.4. The van der Waals surface area contributed by atoms with E-state index >= 15 is 0 Å². The molecule has 2 aromatic carbocycles. The molecule has 0 radical (unpaired) electrons. The third-order valence-electron chi connectivity index (χ3n) is 3.68. The molecule has 1 heterocycles. The number of rotatable bonds is 2. The smallest absolute Gasteiger partial charge is 0.335 e. The van der Waals surface area contributed by atoms with E-state index in [1.807, 2.05) is 18.2 Å². The molecule has 0 unspecified atom stereocenters. The van der Waals surface area contributed by atoms with Crippen LogP contribution in [-0.4, -0.2) is 11.5 Å². The van der Waals surface area contributed by atoms with Crippen LogP contribution in [0.15, 0.2) is 42.5 Å². The van der Waals surface area contributed by atoms with Crippen LogP contribution in [0, 0.1) is 10.1 Å². The fraction of sp³-hybridized carbons (Fsp3) is 0.200. The number of halogens is 3. The summed E-state index contributed by atoms with van der Waals surface area (Å²) >= 11 is 0. The van der Waals surface area contributed by atoms with E-state index in [0.29, 0.717) is 19.0 Å². The van der Waals surface area contributed by atoms with Gasteiger partial charge in [0.2, 0.25) is 0 Å². The third kappa shape index (κ3) is 2.38. The van der Waals surface area contributed by atoms with Gasteiger partial charge in [-0.05, 0) is 30.2 Å². The highest BCUT2D eigenvalue weighted by molar-refractivity contribution is 5.76. The van der Waals surface area contributed by atoms with Crippen LogP contribution in [0.25, 0.3) is 0 Å². The van der Waals surface area contributed by atoms with Crippen LogP contribution in [0.4, 0.5) is 30.2 Å². The van der Waals surface area contributed by atoms with Gasteiger partial charge in [0, 0.05) is 18.3 Å². The Balaban J connectivity index is 2.10. The summed E-state index contributed by atoms with van der Waals surface area (Å²) in [6.45, 7) is 0.506. The average molecular weight is 308 g/mol. The van der Waals surface area contributed by atoms with Crippen molar-refractivity contribution in [2.45, 2.75) is 12.6 Å². The Kier molecular flexibility index (Phi) is 3.27. The summed E-state index contributed by atoms with van der Waals surface area (Å²) in [5, 5.41) is 11.2. The second kappa shape index (κ2) is 5.01. The fourth-order valence-corrected chi connectivity index (χ4v) is 2.66. The van der Waals surface area contributed by atoms with Gasteiger partial charge in [0.1, 0.15) is 5.69 Å². The molecule has 22 heavy (non-hydrogen) atoms. The van der Waals surface area contributed by atoms with E-state index in [9.17, 15) is 23.3 Å².